The minimum atomic E-state index is -4.51. The summed E-state index contributed by atoms with van der Waals surface area (Å²) in [6.07, 6.45) is -2.53. The maximum Gasteiger partial charge on any atom is 0.416 e. The van der Waals surface area contributed by atoms with Crippen LogP contribution in [0.5, 0.6) is 0 Å². The maximum absolute atomic E-state index is 13.0. The van der Waals surface area contributed by atoms with Gasteiger partial charge in [0.05, 0.1) is 5.56 Å². The van der Waals surface area contributed by atoms with E-state index in [1.807, 2.05) is 6.92 Å². The van der Waals surface area contributed by atoms with Crippen molar-refractivity contribution in [1.82, 2.24) is 0 Å². The highest BCUT2D eigenvalue weighted by Gasteiger charge is 2.31. The Balaban J connectivity index is 3.03. The van der Waals surface area contributed by atoms with Gasteiger partial charge in [0.1, 0.15) is 5.82 Å². The Hall–Kier alpha value is -1.32. The van der Waals surface area contributed by atoms with Gasteiger partial charge in [-0.1, -0.05) is 13.0 Å². The Bertz CT molecular complexity index is 379. The zero-order chi connectivity index (χ0) is 12.3. The van der Waals surface area contributed by atoms with E-state index in [1.54, 1.807) is 6.08 Å². The monoisotopic (exact) mass is 232 g/mol. The topological polar surface area (TPSA) is 0 Å². The lowest BCUT2D eigenvalue weighted by atomic mass is 9.99. The summed E-state index contributed by atoms with van der Waals surface area (Å²) in [5, 5.41) is 0. The molecule has 1 aromatic carbocycles. The summed E-state index contributed by atoms with van der Waals surface area (Å²) in [5.41, 5.74) is -0.613. The Morgan fingerprint density at radius 3 is 2.44 bits per heavy atom. The standard InChI is InChI=1S/C12H12F4/c1-3-8(2)4-9-5-10(12(14,15)16)7-11(13)6-9/h3,5-8H,1,4H2,2H3. The third-order valence-electron chi connectivity index (χ3n) is 2.24. The van der Waals surface area contributed by atoms with Gasteiger partial charge in [-0.3, -0.25) is 0 Å². The molecule has 0 radical (unpaired) electrons. The molecule has 0 aromatic heterocycles. The Labute approximate surface area is 91.6 Å². The summed E-state index contributed by atoms with van der Waals surface area (Å²) in [6, 6.07) is 2.60. The van der Waals surface area contributed by atoms with Crippen LogP contribution in [0.1, 0.15) is 18.1 Å². The van der Waals surface area contributed by atoms with E-state index in [1.165, 1.54) is 0 Å². The van der Waals surface area contributed by atoms with Crippen molar-refractivity contribution in [2.75, 3.05) is 0 Å². The van der Waals surface area contributed by atoms with Crippen LogP contribution in [0.2, 0.25) is 0 Å². The molecule has 0 bridgehead atoms. The number of allylic oxidation sites excluding steroid dienone is 1. The molecule has 1 rings (SSSR count). The van der Waals surface area contributed by atoms with Crippen LogP contribution >= 0.6 is 0 Å². The molecule has 0 N–H and O–H groups in total. The first-order valence-electron chi connectivity index (χ1n) is 4.82. The fourth-order valence-electron chi connectivity index (χ4n) is 1.39. The van der Waals surface area contributed by atoms with Gasteiger partial charge in [-0.05, 0) is 36.1 Å². The van der Waals surface area contributed by atoms with Gasteiger partial charge in [0.2, 0.25) is 0 Å². The van der Waals surface area contributed by atoms with Crippen LogP contribution in [0.3, 0.4) is 0 Å². The van der Waals surface area contributed by atoms with Gasteiger partial charge in [0.15, 0.2) is 0 Å². The molecular formula is C12H12F4. The average molecular weight is 232 g/mol. The van der Waals surface area contributed by atoms with Gasteiger partial charge in [-0.2, -0.15) is 13.2 Å². The SMILES string of the molecule is C=CC(C)Cc1cc(F)cc(C(F)(F)F)c1. The van der Waals surface area contributed by atoms with Crippen molar-refractivity contribution in [2.45, 2.75) is 19.5 Å². The second kappa shape index (κ2) is 4.68. The third kappa shape index (κ3) is 3.36. The molecule has 0 fully saturated rings. The molecule has 0 spiro atoms. The Kier molecular flexibility index (Phi) is 3.73. The molecule has 0 saturated heterocycles. The first-order valence-corrected chi connectivity index (χ1v) is 4.82. The maximum atomic E-state index is 13.0. The quantitative estimate of drug-likeness (QED) is 0.541. The molecule has 0 nitrogen and oxygen atoms in total. The molecule has 0 aliphatic carbocycles. The van der Waals surface area contributed by atoms with Gasteiger partial charge >= 0.3 is 6.18 Å². The van der Waals surface area contributed by atoms with Crippen molar-refractivity contribution in [3.05, 3.63) is 47.8 Å². The molecule has 0 heterocycles. The van der Waals surface area contributed by atoms with Crippen LogP contribution in [0.4, 0.5) is 17.6 Å². The normalized spacial score (nSPS) is 13.6. The highest BCUT2D eigenvalue weighted by molar-refractivity contribution is 5.27. The van der Waals surface area contributed by atoms with E-state index in [4.69, 9.17) is 0 Å². The zero-order valence-electron chi connectivity index (χ0n) is 8.81. The van der Waals surface area contributed by atoms with Gasteiger partial charge in [-0.25, -0.2) is 4.39 Å². The molecule has 0 amide bonds. The lowest BCUT2D eigenvalue weighted by Gasteiger charge is -2.11. The second-order valence-corrected chi connectivity index (χ2v) is 3.76. The Morgan fingerprint density at radius 1 is 1.31 bits per heavy atom. The summed E-state index contributed by atoms with van der Waals surface area (Å²) in [4.78, 5) is 0. The molecule has 16 heavy (non-hydrogen) atoms. The summed E-state index contributed by atoms with van der Waals surface area (Å²) in [5.74, 6) is -0.844. The van der Waals surface area contributed by atoms with Crippen molar-refractivity contribution in [1.29, 1.82) is 0 Å². The number of hydrogen-bond donors (Lipinski definition) is 0. The van der Waals surface area contributed by atoms with Crippen LogP contribution in [0, 0.1) is 11.7 Å². The van der Waals surface area contributed by atoms with Crippen LogP contribution in [-0.2, 0) is 12.6 Å². The number of rotatable bonds is 3. The van der Waals surface area contributed by atoms with Crippen LogP contribution in [0.15, 0.2) is 30.9 Å². The fourth-order valence-corrected chi connectivity index (χ4v) is 1.39. The summed E-state index contributed by atoms with van der Waals surface area (Å²) < 4.78 is 50.1. The van der Waals surface area contributed by atoms with E-state index >= 15 is 0 Å². The van der Waals surface area contributed by atoms with Crippen LogP contribution in [-0.4, -0.2) is 0 Å². The van der Waals surface area contributed by atoms with Crippen LogP contribution < -0.4 is 0 Å². The highest BCUT2D eigenvalue weighted by Crippen LogP contribution is 2.30. The minimum Gasteiger partial charge on any atom is -0.207 e. The lowest BCUT2D eigenvalue weighted by Crippen LogP contribution is -2.07. The summed E-state index contributed by atoms with van der Waals surface area (Å²) >= 11 is 0. The molecule has 1 unspecified atom stereocenters. The minimum absolute atomic E-state index is 0.0166. The van der Waals surface area contributed by atoms with E-state index in [0.29, 0.717) is 18.1 Å². The van der Waals surface area contributed by atoms with Crippen molar-refractivity contribution >= 4 is 0 Å². The summed E-state index contributed by atoms with van der Waals surface area (Å²) in [6.45, 7) is 5.35. The summed E-state index contributed by atoms with van der Waals surface area (Å²) in [7, 11) is 0. The van der Waals surface area contributed by atoms with E-state index in [2.05, 4.69) is 6.58 Å². The highest BCUT2D eigenvalue weighted by atomic mass is 19.4. The largest absolute Gasteiger partial charge is 0.416 e. The molecular weight excluding hydrogens is 220 g/mol. The zero-order valence-corrected chi connectivity index (χ0v) is 8.81. The number of benzene rings is 1. The van der Waals surface area contributed by atoms with E-state index in [0.717, 1.165) is 12.1 Å². The van der Waals surface area contributed by atoms with Crippen LogP contribution in [0.25, 0.3) is 0 Å². The molecule has 1 aromatic rings. The smallest absolute Gasteiger partial charge is 0.207 e. The van der Waals surface area contributed by atoms with Crippen molar-refractivity contribution < 1.29 is 17.6 Å². The molecule has 0 aliphatic heterocycles. The second-order valence-electron chi connectivity index (χ2n) is 3.76. The first kappa shape index (κ1) is 12.7. The molecule has 88 valence electrons. The molecule has 4 heteroatoms. The average Bonchev–Trinajstić information content (AvgIpc) is 2.15. The fraction of sp³-hybridized carbons (Fsp3) is 0.333. The third-order valence-corrected chi connectivity index (χ3v) is 2.24. The predicted molar refractivity (Wildman–Crippen MR) is 54.5 cm³/mol. The van der Waals surface area contributed by atoms with E-state index < -0.39 is 17.6 Å². The van der Waals surface area contributed by atoms with Crippen molar-refractivity contribution in [3.63, 3.8) is 0 Å². The van der Waals surface area contributed by atoms with Gasteiger partial charge < -0.3 is 0 Å². The predicted octanol–water partition coefficient (Wildman–Crippen LogP) is 4.21. The van der Waals surface area contributed by atoms with Crippen molar-refractivity contribution in [3.8, 4) is 0 Å². The molecule has 0 aliphatic rings. The van der Waals surface area contributed by atoms with Gasteiger partial charge in [0, 0.05) is 0 Å². The first-order chi connectivity index (χ1) is 7.32. The van der Waals surface area contributed by atoms with E-state index in [9.17, 15) is 17.6 Å². The van der Waals surface area contributed by atoms with Crippen molar-refractivity contribution in [2.24, 2.45) is 5.92 Å². The van der Waals surface area contributed by atoms with Gasteiger partial charge in [0.25, 0.3) is 0 Å². The number of halogens is 4. The van der Waals surface area contributed by atoms with E-state index in [-0.39, 0.29) is 5.92 Å². The van der Waals surface area contributed by atoms with Gasteiger partial charge in [-0.15, -0.1) is 6.58 Å². The lowest BCUT2D eigenvalue weighted by molar-refractivity contribution is -0.137. The molecule has 0 saturated carbocycles. The molecule has 1 atom stereocenters. The number of alkyl halides is 3. The Morgan fingerprint density at radius 2 is 1.94 bits per heavy atom. The number of hydrogen-bond acceptors (Lipinski definition) is 0.